The van der Waals surface area contributed by atoms with E-state index < -0.39 is 18.0 Å². The molecule has 146 valence electrons. The Morgan fingerprint density at radius 2 is 2.04 bits per heavy atom. The van der Waals surface area contributed by atoms with Gasteiger partial charge in [0.05, 0.1) is 23.9 Å². The number of esters is 1. The van der Waals surface area contributed by atoms with Gasteiger partial charge in [-0.25, -0.2) is 9.48 Å². The van der Waals surface area contributed by atoms with Crippen LogP contribution in [-0.2, 0) is 16.1 Å². The molecule has 1 amide bonds. The second kappa shape index (κ2) is 8.26. The van der Waals surface area contributed by atoms with E-state index in [4.69, 9.17) is 21.1 Å². The minimum Gasteiger partial charge on any atom is -0.495 e. The summed E-state index contributed by atoms with van der Waals surface area (Å²) < 4.78 is 12.2. The van der Waals surface area contributed by atoms with Crippen LogP contribution in [0.3, 0.4) is 0 Å². The molecule has 0 bridgehead atoms. The summed E-state index contributed by atoms with van der Waals surface area (Å²) in [5, 5.41) is 11.1. The number of aryl methyl sites for hydroxylation is 1. The van der Waals surface area contributed by atoms with Crippen molar-refractivity contribution in [2.75, 3.05) is 12.4 Å². The predicted molar refractivity (Wildman–Crippen MR) is 105 cm³/mol. The molecule has 1 aromatic heterocycles. The van der Waals surface area contributed by atoms with E-state index in [2.05, 4.69) is 15.6 Å². The number of ether oxygens (including phenoxy) is 2. The van der Waals surface area contributed by atoms with Crippen LogP contribution in [0.2, 0.25) is 5.02 Å². The van der Waals surface area contributed by atoms with Crippen molar-refractivity contribution in [3.8, 4) is 5.75 Å². The average Bonchev–Trinajstić information content (AvgIpc) is 3.10. The van der Waals surface area contributed by atoms with Gasteiger partial charge in [0.1, 0.15) is 11.3 Å². The summed E-state index contributed by atoms with van der Waals surface area (Å²) in [5.41, 5.74) is 2.08. The second-order valence-electron chi connectivity index (χ2n) is 5.99. The SMILES string of the molecule is CCn1nnc2cc(C(=O)O[C@@H](C)C(=O)Nc3cc(Cl)ccc3OC)ccc21. The number of hydrogen-bond donors (Lipinski definition) is 1. The van der Waals surface area contributed by atoms with Crippen LogP contribution in [0.25, 0.3) is 11.0 Å². The van der Waals surface area contributed by atoms with E-state index in [1.165, 1.54) is 14.0 Å². The monoisotopic (exact) mass is 402 g/mol. The van der Waals surface area contributed by atoms with Gasteiger partial charge in [0.2, 0.25) is 0 Å². The van der Waals surface area contributed by atoms with Crippen LogP contribution in [0.4, 0.5) is 5.69 Å². The molecule has 1 atom stereocenters. The lowest BCUT2D eigenvalue weighted by Crippen LogP contribution is -2.30. The molecule has 0 saturated carbocycles. The van der Waals surface area contributed by atoms with Crippen molar-refractivity contribution in [1.29, 1.82) is 0 Å². The third-order valence-electron chi connectivity index (χ3n) is 4.12. The number of amides is 1. The number of anilines is 1. The number of aromatic nitrogens is 3. The first-order valence-electron chi connectivity index (χ1n) is 8.61. The van der Waals surface area contributed by atoms with Crippen LogP contribution in [-0.4, -0.2) is 40.1 Å². The van der Waals surface area contributed by atoms with Gasteiger partial charge in [0, 0.05) is 11.6 Å². The van der Waals surface area contributed by atoms with Gasteiger partial charge in [-0.1, -0.05) is 16.8 Å². The molecule has 8 nitrogen and oxygen atoms in total. The van der Waals surface area contributed by atoms with E-state index >= 15 is 0 Å². The van der Waals surface area contributed by atoms with Crippen molar-refractivity contribution in [2.45, 2.75) is 26.5 Å². The molecule has 0 aliphatic rings. The summed E-state index contributed by atoms with van der Waals surface area (Å²) in [4.78, 5) is 24.8. The minimum atomic E-state index is -1.03. The van der Waals surface area contributed by atoms with Gasteiger partial charge in [-0.3, -0.25) is 4.79 Å². The van der Waals surface area contributed by atoms with Gasteiger partial charge in [0.15, 0.2) is 6.10 Å². The Morgan fingerprint density at radius 3 is 2.75 bits per heavy atom. The molecular formula is C19H19ClN4O4. The molecule has 0 saturated heterocycles. The van der Waals surface area contributed by atoms with Crippen molar-refractivity contribution >= 4 is 40.2 Å². The van der Waals surface area contributed by atoms with Gasteiger partial charge in [0.25, 0.3) is 5.91 Å². The number of rotatable bonds is 6. The molecule has 3 aromatic rings. The number of nitrogens with zero attached hydrogens (tertiary/aromatic N) is 3. The standard InChI is InChI=1S/C19H19ClN4O4/c1-4-24-16-7-5-12(9-14(16)22-23-24)19(26)28-11(2)18(25)21-15-10-13(20)6-8-17(15)27-3/h5-11H,4H2,1-3H3,(H,21,25)/t11-/m0/s1. The third-order valence-corrected chi connectivity index (χ3v) is 4.36. The molecule has 9 heteroatoms. The molecular weight excluding hydrogens is 384 g/mol. The van der Waals surface area contributed by atoms with Crippen LogP contribution in [0, 0.1) is 0 Å². The van der Waals surface area contributed by atoms with E-state index in [-0.39, 0.29) is 5.56 Å². The molecule has 2 aromatic carbocycles. The van der Waals surface area contributed by atoms with E-state index in [0.29, 0.717) is 28.5 Å². The number of fused-ring (bicyclic) bond motifs is 1. The van der Waals surface area contributed by atoms with Crippen molar-refractivity contribution < 1.29 is 19.1 Å². The Balaban J connectivity index is 1.70. The van der Waals surface area contributed by atoms with Crippen LogP contribution in [0.5, 0.6) is 5.75 Å². The highest BCUT2D eigenvalue weighted by atomic mass is 35.5. The largest absolute Gasteiger partial charge is 0.495 e. The quantitative estimate of drug-likeness (QED) is 0.635. The number of carbonyl (C=O) groups is 2. The highest BCUT2D eigenvalue weighted by Crippen LogP contribution is 2.28. The maximum Gasteiger partial charge on any atom is 0.338 e. The Kier molecular flexibility index (Phi) is 5.79. The van der Waals surface area contributed by atoms with E-state index in [0.717, 1.165) is 5.52 Å². The van der Waals surface area contributed by atoms with E-state index in [1.54, 1.807) is 41.1 Å². The maximum absolute atomic E-state index is 12.4. The molecule has 0 aliphatic carbocycles. The van der Waals surface area contributed by atoms with Crippen LogP contribution in [0.15, 0.2) is 36.4 Å². The van der Waals surface area contributed by atoms with Crippen molar-refractivity contribution in [1.82, 2.24) is 15.0 Å². The zero-order valence-corrected chi connectivity index (χ0v) is 16.4. The van der Waals surface area contributed by atoms with Crippen molar-refractivity contribution in [3.05, 3.63) is 47.0 Å². The topological polar surface area (TPSA) is 95.3 Å². The fourth-order valence-corrected chi connectivity index (χ4v) is 2.80. The van der Waals surface area contributed by atoms with E-state index in [9.17, 15) is 9.59 Å². The van der Waals surface area contributed by atoms with Gasteiger partial charge in [-0.05, 0) is 50.2 Å². The zero-order chi connectivity index (χ0) is 20.3. The summed E-state index contributed by atoms with van der Waals surface area (Å²) in [6.07, 6.45) is -1.03. The van der Waals surface area contributed by atoms with Crippen LogP contribution >= 0.6 is 11.6 Å². The van der Waals surface area contributed by atoms with Gasteiger partial charge in [-0.15, -0.1) is 5.10 Å². The molecule has 3 rings (SSSR count). The Bertz CT molecular complexity index is 1030. The number of methoxy groups -OCH3 is 1. The number of hydrogen-bond acceptors (Lipinski definition) is 6. The summed E-state index contributed by atoms with van der Waals surface area (Å²) >= 11 is 5.96. The smallest absolute Gasteiger partial charge is 0.338 e. The molecule has 0 aliphatic heterocycles. The van der Waals surface area contributed by atoms with Crippen molar-refractivity contribution in [2.24, 2.45) is 0 Å². The summed E-state index contributed by atoms with van der Waals surface area (Å²) in [6, 6.07) is 9.78. The lowest BCUT2D eigenvalue weighted by atomic mass is 10.2. The lowest BCUT2D eigenvalue weighted by molar-refractivity contribution is -0.123. The first kappa shape index (κ1) is 19.6. The van der Waals surface area contributed by atoms with Crippen LogP contribution in [0.1, 0.15) is 24.2 Å². The second-order valence-corrected chi connectivity index (χ2v) is 6.43. The first-order valence-corrected chi connectivity index (χ1v) is 8.99. The molecule has 0 fully saturated rings. The fraction of sp³-hybridized carbons (Fsp3) is 0.263. The lowest BCUT2D eigenvalue weighted by Gasteiger charge is -2.15. The number of carbonyl (C=O) groups excluding carboxylic acids is 2. The number of nitrogens with one attached hydrogen (secondary N) is 1. The third kappa shape index (κ3) is 4.07. The molecule has 0 radical (unpaired) electrons. The van der Waals surface area contributed by atoms with Gasteiger partial charge in [-0.2, -0.15) is 0 Å². The number of halogens is 1. The summed E-state index contributed by atoms with van der Waals surface area (Å²) in [5.74, 6) is -0.693. The molecule has 0 spiro atoms. The minimum absolute atomic E-state index is 0.288. The molecule has 28 heavy (non-hydrogen) atoms. The highest BCUT2D eigenvalue weighted by Gasteiger charge is 2.21. The highest BCUT2D eigenvalue weighted by molar-refractivity contribution is 6.31. The Labute approximate surface area is 166 Å². The molecule has 1 N–H and O–H groups in total. The first-order chi connectivity index (χ1) is 13.4. The van der Waals surface area contributed by atoms with Gasteiger partial charge >= 0.3 is 5.97 Å². The zero-order valence-electron chi connectivity index (χ0n) is 15.6. The normalized spacial score (nSPS) is 11.9. The van der Waals surface area contributed by atoms with Crippen LogP contribution < -0.4 is 10.1 Å². The fourth-order valence-electron chi connectivity index (χ4n) is 2.63. The average molecular weight is 403 g/mol. The maximum atomic E-state index is 12.4. The molecule has 1 heterocycles. The summed E-state index contributed by atoms with van der Waals surface area (Å²) in [7, 11) is 1.48. The summed E-state index contributed by atoms with van der Waals surface area (Å²) in [6.45, 7) is 4.10. The van der Waals surface area contributed by atoms with Gasteiger partial charge < -0.3 is 14.8 Å². The van der Waals surface area contributed by atoms with Crippen molar-refractivity contribution in [3.63, 3.8) is 0 Å². The Hall–Kier alpha value is -3.13. The van der Waals surface area contributed by atoms with E-state index in [1.807, 2.05) is 6.92 Å². The number of benzene rings is 2. The molecule has 0 unspecified atom stereocenters. The Morgan fingerprint density at radius 1 is 1.25 bits per heavy atom. The predicted octanol–water partition coefficient (Wildman–Crippen LogP) is 3.30.